The third-order valence-electron chi connectivity index (χ3n) is 3.83. The summed E-state index contributed by atoms with van der Waals surface area (Å²) in [6.45, 7) is 3.68. The number of para-hydroxylation sites is 1. The number of carboxylic acid groups (broad SMARTS) is 1. The number of Topliss-reactive ketones (excluding diaryl/α,β-unsaturated/α-hetero) is 1. The molecule has 2 aromatic rings. The fourth-order valence-corrected chi connectivity index (χ4v) is 2.60. The van der Waals surface area contributed by atoms with Gasteiger partial charge < -0.3 is 19.7 Å². The monoisotopic (exact) mass is 358 g/mol. The molecule has 26 heavy (non-hydrogen) atoms. The third kappa shape index (κ3) is 4.53. The van der Waals surface area contributed by atoms with Crippen molar-refractivity contribution in [2.24, 2.45) is 0 Å². The molecule has 0 bridgehead atoms. The zero-order valence-corrected chi connectivity index (χ0v) is 14.8. The predicted octanol–water partition coefficient (Wildman–Crippen LogP) is 3.70. The lowest BCUT2D eigenvalue weighted by atomic mass is 10.0. The molecule has 0 unspecified atom stereocenters. The van der Waals surface area contributed by atoms with Gasteiger partial charge in [0.1, 0.15) is 36.0 Å². The number of ether oxygens (including phenoxy) is 2. The molecule has 6 heteroatoms. The van der Waals surface area contributed by atoms with Crippen molar-refractivity contribution < 1.29 is 29.3 Å². The predicted molar refractivity (Wildman–Crippen MR) is 96.5 cm³/mol. The van der Waals surface area contributed by atoms with Gasteiger partial charge in [-0.05, 0) is 37.6 Å². The number of aromatic hydroxyl groups is 1. The van der Waals surface area contributed by atoms with Gasteiger partial charge in [0.05, 0.1) is 5.56 Å². The van der Waals surface area contributed by atoms with E-state index >= 15 is 0 Å². The summed E-state index contributed by atoms with van der Waals surface area (Å²) in [5.74, 6) is -0.554. The molecule has 0 spiro atoms. The summed E-state index contributed by atoms with van der Waals surface area (Å²) < 4.78 is 11.2. The van der Waals surface area contributed by atoms with Gasteiger partial charge >= 0.3 is 5.97 Å². The first-order chi connectivity index (χ1) is 12.5. The van der Waals surface area contributed by atoms with Crippen molar-refractivity contribution in [3.63, 3.8) is 0 Å². The highest BCUT2D eigenvalue weighted by Gasteiger charge is 2.16. The van der Waals surface area contributed by atoms with Crippen LogP contribution in [-0.4, -0.2) is 35.2 Å². The van der Waals surface area contributed by atoms with E-state index in [1.807, 2.05) is 6.92 Å². The van der Waals surface area contributed by atoms with Crippen LogP contribution < -0.4 is 9.47 Å². The van der Waals surface area contributed by atoms with E-state index in [2.05, 4.69) is 0 Å². The van der Waals surface area contributed by atoms with Crippen LogP contribution in [0.1, 0.15) is 46.5 Å². The minimum atomic E-state index is -1.06. The first-order valence-electron chi connectivity index (χ1n) is 8.39. The maximum absolute atomic E-state index is 11.6. The van der Waals surface area contributed by atoms with Gasteiger partial charge in [-0.2, -0.15) is 0 Å². The largest absolute Gasteiger partial charge is 0.507 e. The highest BCUT2D eigenvalue weighted by molar-refractivity contribution is 5.97. The van der Waals surface area contributed by atoms with Crippen LogP contribution in [-0.2, 0) is 6.42 Å². The van der Waals surface area contributed by atoms with Crippen molar-refractivity contribution in [2.75, 3.05) is 13.2 Å². The number of benzene rings is 2. The fraction of sp³-hybridized carbons (Fsp3) is 0.300. The van der Waals surface area contributed by atoms with E-state index in [1.165, 1.54) is 19.1 Å². The zero-order chi connectivity index (χ0) is 19.1. The third-order valence-corrected chi connectivity index (χ3v) is 3.83. The van der Waals surface area contributed by atoms with Crippen molar-refractivity contribution in [3.05, 3.63) is 53.1 Å². The van der Waals surface area contributed by atoms with Crippen LogP contribution >= 0.6 is 0 Å². The first kappa shape index (κ1) is 19.3. The molecule has 0 saturated heterocycles. The van der Waals surface area contributed by atoms with Crippen LogP contribution in [0.3, 0.4) is 0 Å². The van der Waals surface area contributed by atoms with Crippen LogP contribution in [0.15, 0.2) is 36.4 Å². The normalized spacial score (nSPS) is 10.4. The van der Waals surface area contributed by atoms with Crippen molar-refractivity contribution in [2.45, 2.75) is 26.7 Å². The summed E-state index contributed by atoms with van der Waals surface area (Å²) >= 11 is 0. The number of ketones is 1. The van der Waals surface area contributed by atoms with Crippen LogP contribution in [0.25, 0.3) is 0 Å². The Morgan fingerprint density at radius 3 is 2.23 bits per heavy atom. The maximum atomic E-state index is 11.6. The Kier molecular flexibility index (Phi) is 6.60. The van der Waals surface area contributed by atoms with Gasteiger partial charge in [-0.1, -0.05) is 25.5 Å². The lowest BCUT2D eigenvalue weighted by Gasteiger charge is -2.15. The van der Waals surface area contributed by atoms with Gasteiger partial charge in [0.15, 0.2) is 5.78 Å². The Hall–Kier alpha value is -3.02. The molecule has 0 radical (unpaired) electrons. The quantitative estimate of drug-likeness (QED) is 0.524. The van der Waals surface area contributed by atoms with Gasteiger partial charge in [-0.15, -0.1) is 0 Å². The summed E-state index contributed by atoms with van der Waals surface area (Å²) in [5.41, 5.74) is 0.946. The fourth-order valence-electron chi connectivity index (χ4n) is 2.60. The molecule has 0 aliphatic heterocycles. The second-order valence-electron chi connectivity index (χ2n) is 5.74. The number of carbonyl (C=O) groups excluding carboxylic acids is 1. The maximum Gasteiger partial charge on any atom is 0.339 e. The summed E-state index contributed by atoms with van der Waals surface area (Å²) in [7, 11) is 0. The number of hydrogen-bond acceptors (Lipinski definition) is 5. The SMILES string of the molecule is CCCc1c(OCCOc2ccccc2C(=O)O)ccc(C(C)=O)c1O. The van der Waals surface area contributed by atoms with E-state index in [9.17, 15) is 14.7 Å². The van der Waals surface area contributed by atoms with Crippen LogP contribution in [0.2, 0.25) is 0 Å². The molecule has 2 N–H and O–H groups in total. The molecule has 0 aromatic heterocycles. The average molecular weight is 358 g/mol. The van der Waals surface area contributed by atoms with E-state index in [0.29, 0.717) is 17.7 Å². The van der Waals surface area contributed by atoms with Crippen molar-refractivity contribution in [3.8, 4) is 17.2 Å². The summed E-state index contributed by atoms with van der Waals surface area (Å²) in [4.78, 5) is 22.7. The lowest BCUT2D eigenvalue weighted by Crippen LogP contribution is -2.12. The van der Waals surface area contributed by atoms with Gasteiger partial charge in [0.25, 0.3) is 0 Å². The number of carboxylic acids is 1. The van der Waals surface area contributed by atoms with Crippen LogP contribution in [0.5, 0.6) is 17.2 Å². The topological polar surface area (TPSA) is 93.1 Å². The Bertz CT molecular complexity index is 797. The molecule has 0 aliphatic carbocycles. The van der Waals surface area contributed by atoms with Crippen LogP contribution in [0, 0.1) is 0 Å². The Labute approximate surface area is 152 Å². The minimum absolute atomic E-state index is 0.0472. The number of rotatable bonds is 9. The number of carbonyl (C=O) groups is 2. The van der Waals surface area contributed by atoms with E-state index in [1.54, 1.807) is 24.3 Å². The molecule has 0 aliphatic rings. The Morgan fingerprint density at radius 2 is 1.62 bits per heavy atom. The molecule has 2 aromatic carbocycles. The van der Waals surface area contributed by atoms with Gasteiger partial charge in [-0.3, -0.25) is 4.79 Å². The standard InChI is InChI=1S/C20H22O6/c1-3-6-15-18(10-9-14(13(2)21)19(15)22)26-12-11-25-17-8-5-4-7-16(17)20(23)24/h4-5,7-10,22H,3,6,11-12H2,1-2H3,(H,23,24). The van der Waals surface area contributed by atoms with E-state index < -0.39 is 5.97 Å². The summed E-state index contributed by atoms with van der Waals surface area (Å²) in [6.07, 6.45) is 1.36. The average Bonchev–Trinajstić information content (AvgIpc) is 2.61. The molecule has 0 saturated carbocycles. The van der Waals surface area contributed by atoms with Crippen molar-refractivity contribution >= 4 is 11.8 Å². The number of phenols is 1. The second-order valence-corrected chi connectivity index (χ2v) is 5.74. The van der Waals surface area contributed by atoms with Gasteiger partial charge in [0, 0.05) is 5.56 Å². The van der Waals surface area contributed by atoms with Crippen LogP contribution in [0.4, 0.5) is 0 Å². The molecular formula is C20H22O6. The Balaban J connectivity index is 2.05. The first-order valence-corrected chi connectivity index (χ1v) is 8.39. The molecule has 6 nitrogen and oxygen atoms in total. The molecule has 138 valence electrons. The lowest BCUT2D eigenvalue weighted by molar-refractivity contribution is 0.0691. The second kappa shape index (κ2) is 8.89. The minimum Gasteiger partial charge on any atom is -0.507 e. The molecular weight excluding hydrogens is 336 g/mol. The van der Waals surface area contributed by atoms with Crippen molar-refractivity contribution in [1.29, 1.82) is 0 Å². The van der Waals surface area contributed by atoms with Crippen molar-refractivity contribution in [1.82, 2.24) is 0 Å². The van der Waals surface area contributed by atoms with E-state index in [0.717, 1.165) is 6.42 Å². The Morgan fingerprint density at radius 1 is 0.962 bits per heavy atom. The zero-order valence-electron chi connectivity index (χ0n) is 14.8. The molecule has 0 fully saturated rings. The molecule has 2 rings (SSSR count). The van der Waals surface area contributed by atoms with Gasteiger partial charge in [-0.25, -0.2) is 4.79 Å². The molecule has 0 heterocycles. The summed E-state index contributed by atoms with van der Waals surface area (Å²) in [5, 5.41) is 19.4. The summed E-state index contributed by atoms with van der Waals surface area (Å²) in [6, 6.07) is 9.57. The number of hydrogen-bond donors (Lipinski definition) is 2. The highest BCUT2D eigenvalue weighted by Crippen LogP contribution is 2.33. The smallest absolute Gasteiger partial charge is 0.339 e. The number of aromatic carboxylic acids is 1. The number of phenolic OH excluding ortho intramolecular Hbond substituents is 1. The van der Waals surface area contributed by atoms with Gasteiger partial charge in [0.2, 0.25) is 0 Å². The molecule has 0 amide bonds. The van der Waals surface area contributed by atoms with E-state index in [-0.39, 0.29) is 41.6 Å². The van der Waals surface area contributed by atoms with E-state index in [4.69, 9.17) is 14.6 Å². The molecule has 0 atom stereocenters. The highest BCUT2D eigenvalue weighted by atomic mass is 16.5.